The van der Waals surface area contributed by atoms with Crippen LogP contribution in [-0.2, 0) is 4.79 Å². The number of carbonyl (C=O) groups is 1. The van der Waals surface area contributed by atoms with Gasteiger partial charge in [-0.15, -0.1) is 0 Å². The Bertz CT molecular complexity index is 1670. The highest BCUT2D eigenvalue weighted by molar-refractivity contribution is 6.18. The Morgan fingerprint density at radius 2 is 1.85 bits per heavy atom. The zero-order valence-electron chi connectivity index (χ0n) is 17.8. The molecule has 0 bridgehead atoms. The molecule has 168 valence electrons. The third-order valence-electron chi connectivity index (χ3n) is 5.52. The average molecular weight is 453 g/mol. The minimum Gasteiger partial charge on any atom is -0.872 e. The normalized spacial score (nSPS) is 11.9. The number of amides is 1. The number of non-ortho nitro benzene ring substituents is 1. The van der Waals surface area contributed by atoms with Gasteiger partial charge in [-0.2, -0.15) is 0 Å². The molecule has 0 aliphatic rings. The van der Waals surface area contributed by atoms with Gasteiger partial charge in [0.1, 0.15) is 11.3 Å². The van der Waals surface area contributed by atoms with Gasteiger partial charge in [0.25, 0.3) is 5.69 Å². The smallest absolute Gasteiger partial charge is 0.270 e. The molecule has 1 amide bonds. The maximum Gasteiger partial charge on any atom is 0.270 e. The van der Waals surface area contributed by atoms with Crippen LogP contribution in [0.1, 0.15) is 18.3 Å². The molecule has 1 aromatic heterocycles. The van der Waals surface area contributed by atoms with Gasteiger partial charge in [0.15, 0.2) is 5.82 Å². The zero-order valence-corrected chi connectivity index (χ0v) is 17.8. The summed E-state index contributed by atoms with van der Waals surface area (Å²) < 4.78 is 0. The molecule has 9 heteroatoms. The summed E-state index contributed by atoms with van der Waals surface area (Å²) in [7, 11) is 0. The number of nitro groups is 1. The number of nitrogens with zero attached hydrogens (tertiary/aromatic N) is 2. The number of rotatable bonds is 4. The number of imidazole rings is 1. The van der Waals surface area contributed by atoms with E-state index in [2.05, 4.69) is 15.3 Å². The Kier molecular flexibility index (Phi) is 4.86. The van der Waals surface area contributed by atoms with Crippen molar-refractivity contribution in [2.45, 2.75) is 6.92 Å². The number of phenolic OH excluding ortho intramolecular Hbond substituents is 1. The van der Waals surface area contributed by atoms with Crippen molar-refractivity contribution in [3.63, 3.8) is 0 Å². The summed E-state index contributed by atoms with van der Waals surface area (Å²) in [6.07, 6.45) is 1.56. The molecule has 1 heterocycles. The molecule has 0 radical (unpaired) electrons. The Morgan fingerprint density at radius 3 is 2.59 bits per heavy atom. The van der Waals surface area contributed by atoms with Crippen LogP contribution in [0.25, 0.3) is 44.4 Å². The quantitative estimate of drug-likeness (QED) is 0.211. The van der Waals surface area contributed by atoms with Gasteiger partial charge in [0, 0.05) is 24.4 Å². The van der Waals surface area contributed by atoms with Crippen LogP contribution in [0.4, 0.5) is 5.69 Å². The lowest BCUT2D eigenvalue weighted by Crippen LogP contribution is -2.18. The molecule has 0 spiro atoms. The monoisotopic (exact) mass is 453 g/mol. The number of nitro benzene ring substituents is 1. The van der Waals surface area contributed by atoms with Crippen molar-refractivity contribution < 1.29 is 19.9 Å². The molecule has 3 N–H and O–H groups in total. The molecule has 0 saturated heterocycles. The van der Waals surface area contributed by atoms with E-state index in [0.717, 1.165) is 0 Å². The van der Waals surface area contributed by atoms with Gasteiger partial charge in [0.2, 0.25) is 5.91 Å². The second kappa shape index (κ2) is 7.89. The van der Waals surface area contributed by atoms with Crippen molar-refractivity contribution in [3.8, 4) is 11.5 Å². The third-order valence-corrected chi connectivity index (χ3v) is 5.52. The maximum absolute atomic E-state index is 13.0. The van der Waals surface area contributed by atoms with Crippen molar-refractivity contribution in [3.05, 3.63) is 82.2 Å². The van der Waals surface area contributed by atoms with Gasteiger partial charge >= 0.3 is 0 Å². The first kappa shape index (κ1) is 21.0. The van der Waals surface area contributed by atoms with Gasteiger partial charge in [-0.05, 0) is 28.5 Å². The Hall–Kier alpha value is -4.92. The number of benzene rings is 4. The number of phenols is 1. The first-order valence-electron chi connectivity index (χ1n) is 10.3. The minimum absolute atomic E-state index is 0.0578. The number of aromatic hydroxyl groups is 1. The second-order valence-electron chi connectivity index (χ2n) is 7.78. The van der Waals surface area contributed by atoms with Crippen LogP contribution in [0.5, 0.6) is 11.5 Å². The fraction of sp³-hybridized carbons (Fsp3) is 0.0400. The lowest BCUT2D eigenvalue weighted by Gasteiger charge is -2.16. The number of fused-ring (bicyclic) bond motifs is 4. The van der Waals surface area contributed by atoms with Crippen LogP contribution < -0.4 is 10.4 Å². The first-order valence-corrected chi connectivity index (χ1v) is 10.3. The highest BCUT2D eigenvalue weighted by Gasteiger charge is 2.17. The van der Waals surface area contributed by atoms with Crippen LogP contribution in [-0.4, -0.2) is 25.9 Å². The van der Waals surface area contributed by atoms with Crippen molar-refractivity contribution in [2.24, 2.45) is 0 Å². The van der Waals surface area contributed by atoms with E-state index in [4.69, 9.17) is 0 Å². The molecule has 34 heavy (non-hydrogen) atoms. The standard InChI is InChI=1S/C25H18N4O5/c1-13(30)26-20(12-14-5-4-6-15(11-14)29(33)34)25-27-19-10-9-18-21(22(19)28-25)24(32)17-8-3-2-7-16(17)23(18)31/h2-12,31-32H,1H3,(H,26,30)(H,27,28)/p-1/b20-12-. The first-order chi connectivity index (χ1) is 16.3. The fourth-order valence-corrected chi connectivity index (χ4v) is 4.05. The summed E-state index contributed by atoms with van der Waals surface area (Å²) in [5.74, 6) is -0.372. The van der Waals surface area contributed by atoms with Crippen LogP contribution >= 0.6 is 0 Å². The predicted molar refractivity (Wildman–Crippen MR) is 127 cm³/mol. The summed E-state index contributed by atoms with van der Waals surface area (Å²) in [4.78, 5) is 30.2. The highest BCUT2D eigenvalue weighted by atomic mass is 16.6. The van der Waals surface area contributed by atoms with Gasteiger partial charge in [-0.3, -0.25) is 14.9 Å². The van der Waals surface area contributed by atoms with Crippen LogP contribution in [0, 0.1) is 10.1 Å². The van der Waals surface area contributed by atoms with E-state index >= 15 is 0 Å². The van der Waals surface area contributed by atoms with E-state index in [1.807, 2.05) is 0 Å². The van der Waals surface area contributed by atoms with E-state index in [0.29, 0.717) is 38.1 Å². The average Bonchev–Trinajstić information content (AvgIpc) is 3.26. The van der Waals surface area contributed by atoms with E-state index in [1.165, 1.54) is 19.1 Å². The molecular formula is C25H17N4O5-. The molecule has 0 aliphatic heterocycles. The molecule has 0 unspecified atom stereocenters. The third kappa shape index (κ3) is 3.45. The summed E-state index contributed by atoms with van der Waals surface area (Å²) >= 11 is 0. The number of aromatic amines is 1. The lowest BCUT2D eigenvalue weighted by molar-refractivity contribution is -0.384. The van der Waals surface area contributed by atoms with Crippen molar-refractivity contribution >= 4 is 55.9 Å². The van der Waals surface area contributed by atoms with Crippen molar-refractivity contribution in [1.29, 1.82) is 0 Å². The van der Waals surface area contributed by atoms with Gasteiger partial charge in [-0.25, -0.2) is 4.98 Å². The van der Waals surface area contributed by atoms with Crippen LogP contribution in [0.2, 0.25) is 0 Å². The Labute approximate surface area is 192 Å². The van der Waals surface area contributed by atoms with Crippen molar-refractivity contribution in [2.75, 3.05) is 0 Å². The molecule has 5 rings (SSSR count). The Morgan fingerprint density at radius 1 is 1.09 bits per heavy atom. The second-order valence-corrected chi connectivity index (χ2v) is 7.78. The van der Waals surface area contributed by atoms with E-state index in [9.17, 15) is 25.1 Å². The van der Waals surface area contributed by atoms with Gasteiger partial charge in [0.05, 0.1) is 21.5 Å². The summed E-state index contributed by atoms with van der Waals surface area (Å²) in [5, 5.41) is 39.3. The molecule has 4 aromatic carbocycles. The molecule has 5 aromatic rings. The number of hydrogen-bond acceptors (Lipinski definition) is 6. The van der Waals surface area contributed by atoms with E-state index < -0.39 is 4.92 Å². The largest absolute Gasteiger partial charge is 0.872 e. The number of hydrogen-bond donors (Lipinski definition) is 3. The number of carbonyl (C=O) groups excluding carboxylic acids is 1. The predicted octanol–water partition coefficient (Wildman–Crippen LogP) is 4.19. The fourth-order valence-electron chi connectivity index (χ4n) is 4.05. The van der Waals surface area contributed by atoms with Crippen LogP contribution in [0.15, 0.2) is 60.7 Å². The lowest BCUT2D eigenvalue weighted by atomic mass is 10.00. The topological polar surface area (TPSA) is 144 Å². The van der Waals surface area contributed by atoms with E-state index in [-0.39, 0.29) is 34.6 Å². The number of aromatic nitrogens is 2. The summed E-state index contributed by atoms with van der Waals surface area (Å²) in [6.45, 7) is 1.33. The van der Waals surface area contributed by atoms with Gasteiger partial charge < -0.3 is 20.5 Å². The molecule has 0 aliphatic carbocycles. The minimum atomic E-state index is -0.504. The molecule has 0 atom stereocenters. The number of H-pyrrole nitrogens is 1. The zero-order chi connectivity index (χ0) is 24.0. The highest BCUT2D eigenvalue weighted by Crippen LogP contribution is 2.42. The summed E-state index contributed by atoms with van der Waals surface area (Å²) in [5.41, 5.74) is 1.58. The SMILES string of the molecule is CC(=O)N/C(=C\c1cccc([N+](=O)[O-])c1)c1nc2c(ccc3c([O-])c4ccccc4c(O)c32)[nH]1. The molecule has 9 nitrogen and oxygen atoms in total. The Balaban J connectivity index is 1.74. The summed E-state index contributed by atoms with van der Waals surface area (Å²) in [6, 6.07) is 16.1. The maximum atomic E-state index is 13.0. The molecule has 0 saturated carbocycles. The number of nitrogens with one attached hydrogen (secondary N) is 2. The van der Waals surface area contributed by atoms with Crippen molar-refractivity contribution in [1.82, 2.24) is 15.3 Å². The van der Waals surface area contributed by atoms with E-state index in [1.54, 1.807) is 54.6 Å². The van der Waals surface area contributed by atoms with Gasteiger partial charge in [-0.1, -0.05) is 48.2 Å². The molecule has 0 fully saturated rings. The molecular weight excluding hydrogens is 436 g/mol. The van der Waals surface area contributed by atoms with Crippen LogP contribution in [0.3, 0.4) is 0 Å².